The maximum atomic E-state index is 13.2. The van der Waals surface area contributed by atoms with Crippen molar-refractivity contribution in [2.24, 2.45) is 0 Å². The van der Waals surface area contributed by atoms with Gasteiger partial charge in [-0.2, -0.15) is 0 Å². The summed E-state index contributed by atoms with van der Waals surface area (Å²) in [6, 6.07) is 15.1. The Morgan fingerprint density at radius 2 is 1.70 bits per heavy atom. The molecule has 0 bridgehead atoms. The minimum absolute atomic E-state index is 0.262. The zero-order valence-corrected chi connectivity index (χ0v) is 18.2. The summed E-state index contributed by atoms with van der Waals surface area (Å²) >= 11 is 0. The van der Waals surface area contributed by atoms with Crippen molar-refractivity contribution in [2.75, 3.05) is 45.8 Å². The van der Waals surface area contributed by atoms with Gasteiger partial charge in [0.05, 0.1) is 26.5 Å². The Labute approximate surface area is 178 Å². The predicted molar refractivity (Wildman–Crippen MR) is 117 cm³/mol. The van der Waals surface area contributed by atoms with Crippen molar-refractivity contribution in [1.82, 2.24) is 4.90 Å². The molecule has 0 radical (unpaired) electrons. The molecule has 0 unspecified atom stereocenters. The molecule has 0 heterocycles. The van der Waals surface area contributed by atoms with E-state index in [-0.39, 0.29) is 6.03 Å². The van der Waals surface area contributed by atoms with Gasteiger partial charge in [-0.1, -0.05) is 30.3 Å². The quantitative estimate of drug-likeness (QED) is 0.526. The van der Waals surface area contributed by atoms with Crippen LogP contribution in [0.5, 0.6) is 11.5 Å². The van der Waals surface area contributed by atoms with Crippen molar-refractivity contribution in [3.05, 3.63) is 54.1 Å². The van der Waals surface area contributed by atoms with Crippen LogP contribution in [0.3, 0.4) is 0 Å². The Morgan fingerprint density at radius 1 is 1.00 bits per heavy atom. The molecule has 7 nitrogen and oxygen atoms in total. The number of carbonyl (C=O) groups is 1. The van der Waals surface area contributed by atoms with Gasteiger partial charge in [0, 0.05) is 25.8 Å². The molecular formula is C23H32N2O5. The largest absolute Gasteiger partial charge is 0.497 e. The van der Waals surface area contributed by atoms with Crippen molar-refractivity contribution >= 4 is 11.7 Å². The number of rotatable bonds is 12. The van der Waals surface area contributed by atoms with Crippen molar-refractivity contribution < 1.29 is 23.7 Å². The molecule has 2 amide bonds. The number of carbonyl (C=O) groups excluding carboxylic acids is 1. The number of nitrogens with one attached hydrogen (secondary N) is 1. The molecule has 0 aromatic heterocycles. The fourth-order valence-electron chi connectivity index (χ4n) is 3.00. The molecule has 2 aromatic rings. The van der Waals surface area contributed by atoms with Crippen LogP contribution in [0.25, 0.3) is 0 Å². The molecule has 0 saturated carbocycles. The van der Waals surface area contributed by atoms with Crippen LogP contribution >= 0.6 is 0 Å². The maximum Gasteiger partial charge on any atom is 0.322 e. The molecule has 30 heavy (non-hydrogen) atoms. The summed E-state index contributed by atoms with van der Waals surface area (Å²) in [5, 5.41) is 2.93. The third-order valence-electron chi connectivity index (χ3n) is 4.52. The second-order valence-corrected chi connectivity index (χ2v) is 6.52. The van der Waals surface area contributed by atoms with Gasteiger partial charge < -0.3 is 29.2 Å². The van der Waals surface area contributed by atoms with Crippen molar-refractivity contribution in [3.8, 4) is 11.5 Å². The van der Waals surface area contributed by atoms with Gasteiger partial charge in [0.1, 0.15) is 11.5 Å². The first-order valence-corrected chi connectivity index (χ1v) is 10.2. The van der Waals surface area contributed by atoms with E-state index in [1.165, 1.54) is 0 Å². The van der Waals surface area contributed by atoms with Crippen LogP contribution in [-0.4, -0.2) is 57.7 Å². The molecule has 1 N–H and O–H groups in total. The summed E-state index contributed by atoms with van der Waals surface area (Å²) in [5.41, 5.74) is 1.69. The highest BCUT2D eigenvalue weighted by Gasteiger charge is 2.21. The van der Waals surface area contributed by atoms with Gasteiger partial charge in [0.25, 0.3) is 0 Å². The van der Waals surface area contributed by atoms with E-state index in [2.05, 4.69) is 5.32 Å². The number of ether oxygens (including phenoxy) is 4. The van der Waals surface area contributed by atoms with Crippen molar-refractivity contribution in [3.63, 3.8) is 0 Å². The zero-order valence-electron chi connectivity index (χ0n) is 18.2. The van der Waals surface area contributed by atoms with E-state index in [1.807, 2.05) is 44.2 Å². The van der Waals surface area contributed by atoms with Crippen LogP contribution < -0.4 is 14.8 Å². The Morgan fingerprint density at radius 3 is 2.30 bits per heavy atom. The fraction of sp³-hybridized carbons (Fsp3) is 0.435. The number of hydrogen-bond acceptors (Lipinski definition) is 5. The molecule has 0 aliphatic heterocycles. The maximum absolute atomic E-state index is 13.2. The highest BCUT2D eigenvalue weighted by atomic mass is 16.7. The highest BCUT2D eigenvalue weighted by molar-refractivity contribution is 5.91. The third kappa shape index (κ3) is 7.24. The summed E-state index contributed by atoms with van der Waals surface area (Å²) in [6.07, 6.45) is 0.225. The number of benzene rings is 2. The van der Waals surface area contributed by atoms with Crippen molar-refractivity contribution in [1.29, 1.82) is 0 Å². The van der Waals surface area contributed by atoms with Crippen LogP contribution in [0.1, 0.15) is 19.4 Å². The van der Waals surface area contributed by atoms with Gasteiger partial charge in [0.15, 0.2) is 6.29 Å². The minimum Gasteiger partial charge on any atom is -0.497 e. The van der Waals surface area contributed by atoms with E-state index in [0.717, 1.165) is 5.56 Å². The average molecular weight is 417 g/mol. The molecule has 0 aliphatic rings. The SMILES string of the molecule is CCOC(CN(CCc1ccccc1)C(=O)Nc1cc(OC)ccc1OC)OCC. The summed E-state index contributed by atoms with van der Waals surface area (Å²) in [4.78, 5) is 14.8. The van der Waals surface area contributed by atoms with Crippen LogP contribution in [0, 0.1) is 0 Å². The lowest BCUT2D eigenvalue weighted by atomic mass is 10.1. The summed E-state index contributed by atoms with van der Waals surface area (Å²) in [6.45, 7) is 5.64. The molecule has 7 heteroatoms. The number of amides is 2. The second kappa shape index (κ2) is 12.7. The summed E-state index contributed by atoms with van der Waals surface area (Å²) in [7, 11) is 3.14. The standard InChI is InChI=1S/C23H32N2O5/c1-5-29-22(30-6-2)17-25(15-14-18-10-8-7-9-11-18)23(26)24-20-16-19(27-3)12-13-21(20)28-4/h7-13,16,22H,5-6,14-15,17H2,1-4H3,(H,24,26). The average Bonchev–Trinajstić information content (AvgIpc) is 2.77. The smallest absolute Gasteiger partial charge is 0.322 e. The minimum atomic E-state index is -0.492. The van der Waals surface area contributed by atoms with Crippen LogP contribution in [0.2, 0.25) is 0 Å². The second-order valence-electron chi connectivity index (χ2n) is 6.52. The molecule has 0 aliphatic carbocycles. The number of methoxy groups -OCH3 is 2. The predicted octanol–water partition coefficient (Wildman–Crippen LogP) is 4.18. The summed E-state index contributed by atoms with van der Waals surface area (Å²) in [5.74, 6) is 1.18. The normalized spacial score (nSPS) is 10.7. The van der Waals surface area contributed by atoms with Gasteiger partial charge in [0.2, 0.25) is 0 Å². The van der Waals surface area contributed by atoms with E-state index in [4.69, 9.17) is 18.9 Å². The lowest BCUT2D eigenvalue weighted by molar-refractivity contribution is -0.142. The highest BCUT2D eigenvalue weighted by Crippen LogP contribution is 2.29. The lowest BCUT2D eigenvalue weighted by Gasteiger charge is -2.28. The van der Waals surface area contributed by atoms with Crippen LogP contribution in [0.4, 0.5) is 10.5 Å². The molecule has 2 aromatic carbocycles. The Kier molecular flexibility index (Phi) is 9.97. The first kappa shape index (κ1) is 23.5. The first-order valence-electron chi connectivity index (χ1n) is 10.2. The molecule has 0 saturated heterocycles. The number of urea groups is 1. The lowest BCUT2D eigenvalue weighted by Crippen LogP contribution is -2.43. The molecule has 0 spiro atoms. The topological polar surface area (TPSA) is 69.3 Å². The number of hydrogen-bond donors (Lipinski definition) is 1. The van der Waals surface area contributed by atoms with Gasteiger partial charge >= 0.3 is 6.03 Å². The third-order valence-corrected chi connectivity index (χ3v) is 4.52. The van der Waals surface area contributed by atoms with Gasteiger partial charge in [-0.05, 0) is 38.0 Å². The van der Waals surface area contributed by atoms with Gasteiger partial charge in [-0.15, -0.1) is 0 Å². The monoisotopic (exact) mass is 416 g/mol. The van der Waals surface area contributed by atoms with Crippen molar-refractivity contribution in [2.45, 2.75) is 26.6 Å². The molecular weight excluding hydrogens is 384 g/mol. The van der Waals surface area contributed by atoms with Crippen LogP contribution in [-0.2, 0) is 15.9 Å². The Balaban J connectivity index is 2.17. The van der Waals surface area contributed by atoms with E-state index in [1.54, 1.807) is 37.3 Å². The summed E-state index contributed by atoms with van der Waals surface area (Å²) < 4.78 is 22.0. The number of anilines is 1. The molecule has 164 valence electrons. The molecule has 2 rings (SSSR count). The number of nitrogens with zero attached hydrogens (tertiary/aromatic N) is 1. The van der Waals surface area contributed by atoms with Gasteiger partial charge in [-0.3, -0.25) is 0 Å². The first-order chi connectivity index (χ1) is 14.6. The van der Waals surface area contributed by atoms with E-state index in [9.17, 15) is 4.79 Å². The molecule has 0 atom stereocenters. The van der Waals surface area contributed by atoms with E-state index >= 15 is 0 Å². The van der Waals surface area contributed by atoms with Gasteiger partial charge in [-0.25, -0.2) is 4.79 Å². The molecule has 0 fully saturated rings. The fourth-order valence-corrected chi connectivity index (χ4v) is 3.00. The Bertz CT molecular complexity index is 763. The van der Waals surface area contributed by atoms with E-state index < -0.39 is 6.29 Å². The van der Waals surface area contributed by atoms with Crippen LogP contribution in [0.15, 0.2) is 48.5 Å². The Hall–Kier alpha value is -2.77. The van der Waals surface area contributed by atoms with E-state index in [0.29, 0.717) is 49.9 Å². The zero-order chi connectivity index (χ0) is 21.8.